The van der Waals surface area contributed by atoms with Gasteiger partial charge in [0, 0.05) is 18.6 Å². The summed E-state index contributed by atoms with van der Waals surface area (Å²) in [5.74, 6) is 0.192. The lowest BCUT2D eigenvalue weighted by molar-refractivity contribution is 0.0483. The van der Waals surface area contributed by atoms with Crippen molar-refractivity contribution in [2.24, 2.45) is 5.92 Å². The Balaban J connectivity index is 2.37. The van der Waals surface area contributed by atoms with Crippen LogP contribution in [0, 0.1) is 5.92 Å². The number of nitrogens with one attached hydrogen (secondary N) is 1. The predicted octanol–water partition coefficient (Wildman–Crippen LogP) is 1.67. The molecule has 2 N–H and O–H groups in total. The summed E-state index contributed by atoms with van der Waals surface area (Å²) < 4.78 is 5.16. The van der Waals surface area contributed by atoms with Gasteiger partial charge in [-0.25, -0.2) is 4.79 Å². The number of aliphatic hydroxyl groups excluding tert-OH is 1. The zero-order chi connectivity index (χ0) is 11.5. The van der Waals surface area contributed by atoms with E-state index in [1.165, 1.54) is 0 Å². The number of hydrogen-bond acceptors (Lipinski definition) is 3. The van der Waals surface area contributed by atoms with Gasteiger partial charge in [0.25, 0.3) is 0 Å². The van der Waals surface area contributed by atoms with Gasteiger partial charge in [0.15, 0.2) is 0 Å². The predicted molar refractivity (Wildman–Crippen MR) is 57.6 cm³/mol. The highest BCUT2D eigenvalue weighted by Crippen LogP contribution is 2.25. The highest BCUT2D eigenvalue weighted by molar-refractivity contribution is 5.68. The molecule has 0 heterocycles. The van der Waals surface area contributed by atoms with Crippen molar-refractivity contribution in [2.45, 2.75) is 51.7 Å². The van der Waals surface area contributed by atoms with Gasteiger partial charge in [-0.3, -0.25) is 0 Å². The molecule has 1 amide bonds. The maximum atomic E-state index is 11.5. The highest BCUT2D eigenvalue weighted by atomic mass is 16.6. The van der Waals surface area contributed by atoms with Crippen LogP contribution < -0.4 is 5.32 Å². The van der Waals surface area contributed by atoms with Crippen LogP contribution >= 0.6 is 0 Å². The summed E-state index contributed by atoms with van der Waals surface area (Å²) in [5, 5.41) is 11.9. The molecule has 0 bridgehead atoms. The number of rotatable bonds is 2. The van der Waals surface area contributed by atoms with Crippen LogP contribution in [0.4, 0.5) is 4.79 Å². The molecule has 2 atom stereocenters. The summed E-state index contributed by atoms with van der Waals surface area (Å²) in [6.07, 6.45) is 2.60. The molecule has 1 saturated carbocycles. The number of carbonyl (C=O) groups is 1. The highest BCUT2D eigenvalue weighted by Gasteiger charge is 2.29. The summed E-state index contributed by atoms with van der Waals surface area (Å²) in [5.41, 5.74) is -0.461. The van der Waals surface area contributed by atoms with Crippen LogP contribution in [0.5, 0.6) is 0 Å². The molecule has 1 unspecified atom stereocenters. The molecule has 0 aromatic heterocycles. The van der Waals surface area contributed by atoms with E-state index in [4.69, 9.17) is 9.84 Å². The fourth-order valence-corrected chi connectivity index (χ4v) is 1.90. The molecule has 15 heavy (non-hydrogen) atoms. The summed E-state index contributed by atoms with van der Waals surface area (Å²) in [4.78, 5) is 11.5. The van der Waals surface area contributed by atoms with Crippen molar-refractivity contribution in [2.75, 3.05) is 6.61 Å². The maximum Gasteiger partial charge on any atom is 0.407 e. The van der Waals surface area contributed by atoms with Gasteiger partial charge in [0.1, 0.15) is 5.60 Å². The molecule has 0 aromatic carbocycles. The summed E-state index contributed by atoms with van der Waals surface area (Å²) in [6, 6.07) is 0.0739. The second-order valence-electron chi connectivity index (χ2n) is 5.13. The normalized spacial score (nSPS) is 26.4. The van der Waals surface area contributed by atoms with Crippen LogP contribution in [-0.4, -0.2) is 29.4 Å². The number of ether oxygens (including phenoxy) is 1. The van der Waals surface area contributed by atoms with Crippen molar-refractivity contribution in [3.8, 4) is 0 Å². The Hall–Kier alpha value is -0.770. The summed E-state index contributed by atoms with van der Waals surface area (Å²) >= 11 is 0. The van der Waals surface area contributed by atoms with Crippen LogP contribution in [0.2, 0.25) is 0 Å². The fraction of sp³-hybridized carbons (Fsp3) is 0.909. The molecular weight excluding hydrogens is 194 g/mol. The van der Waals surface area contributed by atoms with Crippen molar-refractivity contribution in [1.82, 2.24) is 5.32 Å². The van der Waals surface area contributed by atoms with Crippen molar-refractivity contribution in [3.63, 3.8) is 0 Å². The van der Waals surface area contributed by atoms with E-state index in [0.717, 1.165) is 19.3 Å². The second kappa shape index (κ2) is 4.84. The lowest BCUT2D eigenvalue weighted by atomic mass is 10.1. The molecule has 1 aliphatic carbocycles. The molecule has 0 saturated heterocycles. The number of carbonyl (C=O) groups excluding carboxylic acids is 1. The Kier molecular flexibility index (Phi) is 3.97. The number of alkyl carbamates (subject to hydrolysis) is 1. The molecule has 1 rings (SSSR count). The quantitative estimate of drug-likeness (QED) is 0.736. The van der Waals surface area contributed by atoms with Crippen LogP contribution in [0.15, 0.2) is 0 Å². The van der Waals surface area contributed by atoms with Crippen molar-refractivity contribution in [1.29, 1.82) is 0 Å². The Bertz CT molecular complexity index is 222. The minimum atomic E-state index is -0.461. The average molecular weight is 215 g/mol. The monoisotopic (exact) mass is 215 g/mol. The van der Waals surface area contributed by atoms with Crippen molar-refractivity contribution in [3.05, 3.63) is 0 Å². The Morgan fingerprint density at radius 3 is 2.67 bits per heavy atom. The first kappa shape index (κ1) is 12.3. The molecule has 0 spiro atoms. The zero-order valence-electron chi connectivity index (χ0n) is 9.75. The first-order valence-corrected chi connectivity index (χ1v) is 5.53. The van der Waals surface area contributed by atoms with Crippen LogP contribution in [0.1, 0.15) is 40.0 Å². The third-order valence-corrected chi connectivity index (χ3v) is 2.60. The lowest BCUT2D eigenvalue weighted by Crippen LogP contribution is -2.41. The largest absolute Gasteiger partial charge is 0.444 e. The SMILES string of the molecule is CC(C)(C)OC(=O)N[C@@H]1CCCC1CO. The third kappa shape index (κ3) is 4.08. The first-order valence-electron chi connectivity index (χ1n) is 5.53. The minimum absolute atomic E-state index is 0.0739. The van der Waals surface area contributed by atoms with Gasteiger partial charge in [-0.1, -0.05) is 6.42 Å². The number of hydrogen-bond donors (Lipinski definition) is 2. The molecular formula is C11H21NO3. The van der Waals surface area contributed by atoms with E-state index in [9.17, 15) is 4.79 Å². The van der Waals surface area contributed by atoms with E-state index in [1.54, 1.807) is 0 Å². The Morgan fingerprint density at radius 1 is 1.47 bits per heavy atom. The standard InChI is InChI=1S/C11H21NO3/c1-11(2,3)15-10(14)12-9-6-4-5-8(9)7-13/h8-9,13H,4-7H2,1-3H3,(H,12,14)/t8?,9-/m1/s1. The summed E-state index contributed by atoms with van der Waals surface area (Å²) in [6.45, 7) is 5.65. The zero-order valence-corrected chi connectivity index (χ0v) is 9.75. The van der Waals surface area contributed by atoms with Crippen molar-refractivity contribution < 1.29 is 14.6 Å². The molecule has 1 fully saturated rings. The molecule has 88 valence electrons. The Labute approximate surface area is 91.0 Å². The maximum absolute atomic E-state index is 11.5. The topological polar surface area (TPSA) is 58.6 Å². The molecule has 0 aliphatic heterocycles. The van der Waals surface area contributed by atoms with E-state index in [-0.39, 0.29) is 24.7 Å². The first-order chi connectivity index (χ1) is 6.92. The molecule has 1 aliphatic rings. The fourth-order valence-electron chi connectivity index (χ4n) is 1.90. The van der Waals surface area contributed by atoms with E-state index in [0.29, 0.717) is 0 Å². The van der Waals surface area contributed by atoms with Crippen LogP contribution in [0.25, 0.3) is 0 Å². The van der Waals surface area contributed by atoms with E-state index < -0.39 is 5.60 Å². The van der Waals surface area contributed by atoms with Gasteiger partial charge in [-0.2, -0.15) is 0 Å². The van der Waals surface area contributed by atoms with Gasteiger partial charge in [0.05, 0.1) is 0 Å². The van der Waals surface area contributed by atoms with Gasteiger partial charge >= 0.3 is 6.09 Å². The third-order valence-electron chi connectivity index (χ3n) is 2.60. The average Bonchev–Trinajstić information content (AvgIpc) is 2.48. The Morgan fingerprint density at radius 2 is 2.13 bits per heavy atom. The smallest absolute Gasteiger partial charge is 0.407 e. The second-order valence-corrected chi connectivity index (χ2v) is 5.13. The van der Waals surface area contributed by atoms with E-state index >= 15 is 0 Å². The van der Waals surface area contributed by atoms with Gasteiger partial charge in [-0.05, 0) is 33.6 Å². The van der Waals surface area contributed by atoms with Gasteiger partial charge in [-0.15, -0.1) is 0 Å². The number of aliphatic hydroxyl groups is 1. The summed E-state index contributed by atoms with van der Waals surface area (Å²) in [7, 11) is 0. The molecule has 4 heteroatoms. The van der Waals surface area contributed by atoms with Crippen LogP contribution in [0.3, 0.4) is 0 Å². The lowest BCUT2D eigenvalue weighted by Gasteiger charge is -2.23. The van der Waals surface area contributed by atoms with E-state index in [2.05, 4.69) is 5.32 Å². The number of amides is 1. The van der Waals surface area contributed by atoms with Crippen LogP contribution in [-0.2, 0) is 4.74 Å². The molecule has 4 nitrogen and oxygen atoms in total. The van der Waals surface area contributed by atoms with Crippen molar-refractivity contribution >= 4 is 6.09 Å². The molecule has 0 radical (unpaired) electrons. The van der Waals surface area contributed by atoms with Gasteiger partial charge < -0.3 is 15.2 Å². The van der Waals surface area contributed by atoms with E-state index in [1.807, 2.05) is 20.8 Å². The van der Waals surface area contributed by atoms with Gasteiger partial charge in [0.2, 0.25) is 0 Å². The minimum Gasteiger partial charge on any atom is -0.444 e. The molecule has 0 aromatic rings.